The fourth-order valence-electron chi connectivity index (χ4n) is 1.82. The van der Waals surface area contributed by atoms with Gasteiger partial charge in [-0.2, -0.15) is 0 Å². The van der Waals surface area contributed by atoms with Crippen molar-refractivity contribution in [3.05, 3.63) is 58.3 Å². The number of Topliss-reactive ketones (excluding diaryl/α,β-unsaturated/α-hetero) is 1. The van der Waals surface area contributed by atoms with Gasteiger partial charge in [-0.15, -0.1) is 0 Å². The van der Waals surface area contributed by atoms with Crippen molar-refractivity contribution in [2.45, 2.75) is 19.8 Å². The highest BCUT2D eigenvalue weighted by Gasteiger charge is 2.09. The topological polar surface area (TPSA) is 39.2 Å². The average molecular weight is 334 g/mol. The Morgan fingerprint density at radius 1 is 1.30 bits per heavy atom. The molecule has 0 saturated carbocycles. The van der Waals surface area contributed by atoms with Crippen LogP contribution in [0.25, 0.3) is 0 Å². The maximum absolute atomic E-state index is 12.3. The number of ketones is 1. The molecule has 0 bridgehead atoms. The van der Waals surface area contributed by atoms with Crippen LogP contribution in [0.4, 0.5) is 0 Å². The van der Waals surface area contributed by atoms with Crippen LogP contribution >= 0.6 is 15.9 Å². The van der Waals surface area contributed by atoms with E-state index in [1.807, 2.05) is 24.3 Å². The van der Waals surface area contributed by atoms with Gasteiger partial charge in [0.2, 0.25) is 0 Å². The molecule has 1 aromatic carbocycles. The summed E-state index contributed by atoms with van der Waals surface area (Å²) in [6.45, 7) is 2.71. The lowest BCUT2D eigenvalue weighted by atomic mass is 10.0. The van der Waals surface area contributed by atoms with Crippen LogP contribution in [0.15, 0.2) is 47.2 Å². The quantitative estimate of drug-likeness (QED) is 0.748. The highest BCUT2D eigenvalue weighted by molar-refractivity contribution is 9.10. The lowest BCUT2D eigenvalue weighted by molar-refractivity contribution is 0.0992. The molecule has 0 aliphatic heterocycles. The van der Waals surface area contributed by atoms with Crippen molar-refractivity contribution >= 4 is 21.7 Å². The Morgan fingerprint density at radius 2 is 2.15 bits per heavy atom. The first kappa shape index (κ1) is 14.7. The molecule has 0 aliphatic rings. The maximum Gasteiger partial charge on any atom is 0.167 e. The monoisotopic (exact) mass is 333 g/mol. The van der Waals surface area contributed by atoms with Crippen LogP contribution in [0, 0.1) is 0 Å². The van der Waals surface area contributed by atoms with Gasteiger partial charge in [0, 0.05) is 28.9 Å². The first-order valence-corrected chi connectivity index (χ1v) is 7.34. The second kappa shape index (κ2) is 7.20. The van der Waals surface area contributed by atoms with E-state index in [4.69, 9.17) is 4.74 Å². The molecule has 3 nitrogen and oxygen atoms in total. The van der Waals surface area contributed by atoms with Gasteiger partial charge in [-0.3, -0.25) is 9.78 Å². The number of pyridine rings is 1. The SMILES string of the molecule is CCCOc1cccc(C(=O)Cc2cncc(Br)c2)c1. The molecule has 0 spiro atoms. The van der Waals surface area contributed by atoms with Gasteiger partial charge in [0.05, 0.1) is 6.61 Å². The molecule has 0 saturated heterocycles. The van der Waals surface area contributed by atoms with E-state index in [0.717, 1.165) is 22.2 Å². The number of carbonyl (C=O) groups is 1. The fraction of sp³-hybridized carbons (Fsp3) is 0.250. The van der Waals surface area contributed by atoms with Crippen molar-refractivity contribution in [2.75, 3.05) is 6.61 Å². The fourth-order valence-corrected chi connectivity index (χ4v) is 2.23. The minimum absolute atomic E-state index is 0.0619. The van der Waals surface area contributed by atoms with Gasteiger partial charge in [-0.25, -0.2) is 0 Å². The highest BCUT2D eigenvalue weighted by atomic mass is 79.9. The molecule has 2 aromatic rings. The van der Waals surface area contributed by atoms with Crippen molar-refractivity contribution in [1.29, 1.82) is 0 Å². The predicted octanol–water partition coefficient (Wildman–Crippen LogP) is 4.06. The van der Waals surface area contributed by atoms with E-state index < -0.39 is 0 Å². The van der Waals surface area contributed by atoms with E-state index in [9.17, 15) is 4.79 Å². The van der Waals surface area contributed by atoms with Crippen molar-refractivity contribution in [2.24, 2.45) is 0 Å². The third-order valence-electron chi connectivity index (χ3n) is 2.76. The predicted molar refractivity (Wildman–Crippen MR) is 82.2 cm³/mol. The molecule has 104 valence electrons. The van der Waals surface area contributed by atoms with Gasteiger partial charge >= 0.3 is 0 Å². The van der Waals surface area contributed by atoms with Crippen molar-refractivity contribution in [1.82, 2.24) is 4.98 Å². The molecular weight excluding hydrogens is 318 g/mol. The van der Waals surface area contributed by atoms with Crippen LogP contribution in [0.2, 0.25) is 0 Å². The molecule has 1 aromatic heterocycles. The summed E-state index contributed by atoms with van der Waals surface area (Å²) in [5.74, 6) is 0.803. The van der Waals surface area contributed by atoms with E-state index in [-0.39, 0.29) is 5.78 Å². The Labute approximate surface area is 127 Å². The normalized spacial score (nSPS) is 10.3. The third kappa shape index (κ3) is 4.17. The average Bonchev–Trinajstić information content (AvgIpc) is 2.45. The van der Waals surface area contributed by atoms with Crippen LogP contribution in [0.5, 0.6) is 5.75 Å². The van der Waals surface area contributed by atoms with Gasteiger partial charge in [0.25, 0.3) is 0 Å². The zero-order valence-electron chi connectivity index (χ0n) is 11.3. The van der Waals surface area contributed by atoms with Gasteiger partial charge in [0.1, 0.15) is 5.75 Å². The number of hydrogen-bond acceptors (Lipinski definition) is 3. The number of halogens is 1. The molecule has 20 heavy (non-hydrogen) atoms. The van der Waals surface area contributed by atoms with E-state index in [0.29, 0.717) is 18.6 Å². The largest absolute Gasteiger partial charge is 0.494 e. The van der Waals surface area contributed by atoms with Crippen molar-refractivity contribution in [3.8, 4) is 5.75 Å². The Bertz CT molecular complexity index is 599. The molecule has 0 atom stereocenters. The van der Waals surface area contributed by atoms with Gasteiger partial charge in [-0.05, 0) is 46.1 Å². The molecule has 0 fully saturated rings. The zero-order valence-corrected chi connectivity index (χ0v) is 12.9. The Morgan fingerprint density at radius 3 is 2.90 bits per heavy atom. The van der Waals surface area contributed by atoms with Crippen LogP contribution in [0.3, 0.4) is 0 Å². The number of carbonyl (C=O) groups excluding carboxylic acids is 1. The van der Waals surface area contributed by atoms with Gasteiger partial charge in [0.15, 0.2) is 5.78 Å². The number of benzene rings is 1. The number of nitrogens with zero attached hydrogens (tertiary/aromatic N) is 1. The van der Waals surface area contributed by atoms with Gasteiger partial charge < -0.3 is 4.74 Å². The van der Waals surface area contributed by atoms with Crippen molar-refractivity contribution in [3.63, 3.8) is 0 Å². The number of aromatic nitrogens is 1. The number of hydrogen-bond donors (Lipinski definition) is 0. The zero-order chi connectivity index (χ0) is 14.4. The second-order valence-corrected chi connectivity index (χ2v) is 5.40. The van der Waals surface area contributed by atoms with E-state index in [1.54, 1.807) is 18.5 Å². The second-order valence-electron chi connectivity index (χ2n) is 4.49. The molecule has 0 unspecified atom stereocenters. The van der Waals surface area contributed by atoms with Crippen LogP contribution in [-0.2, 0) is 6.42 Å². The molecule has 0 N–H and O–H groups in total. The van der Waals surface area contributed by atoms with E-state index >= 15 is 0 Å². The van der Waals surface area contributed by atoms with Crippen LogP contribution in [0.1, 0.15) is 29.3 Å². The van der Waals surface area contributed by atoms with Crippen LogP contribution in [-0.4, -0.2) is 17.4 Å². The summed E-state index contributed by atoms with van der Waals surface area (Å²) in [6.07, 6.45) is 4.69. The van der Waals surface area contributed by atoms with Crippen molar-refractivity contribution < 1.29 is 9.53 Å². The van der Waals surface area contributed by atoms with E-state index in [2.05, 4.69) is 27.8 Å². The summed E-state index contributed by atoms with van der Waals surface area (Å²) in [6, 6.07) is 9.22. The minimum atomic E-state index is 0.0619. The summed E-state index contributed by atoms with van der Waals surface area (Å²) in [7, 11) is 0. The smallest absolute Gasteiger partial charge is 0.167 e. The maximum atomic E-state index is 12.3. The molecule has 2 rings (SSSR count). The van der Waals surface area contributed by atoms with E-state index in [1.165, 1.54) is 0 Å². The number of ether oxygens (including phenoxy) is 1. The standard InChI is InChI=1S/C16H16BrNO2/c1-2-6-20-15-5-3-4-13(9-15)16(19)8-12-7-14(17)11-18-10-12/h3-5,7,9-11H,2,6,8H2,1H3. The summed E-state index contributed by atoms with van der Waals surface area (Å²) < 4.78 is 6.42. The molecular formula is C16H16BrNO2. The molecule has 1 heterocycles. The molecule has 4 heteroatoms. The Hall–Kier alpha value is -1.68. The summed E-state index contributed by atoms with van der Waals surface area (Å²) in [4.78, 5) is 16.3. The molecule has 0 amide bonds. The Kier molecular flexibility index (Phi) is 5.30. The lowest BCUT2D eigenvalue weighted by Crippen LogP contribution is -2.04. The lowest BCUT2D eigenvalue weighted by Gasteiger charge is -2.06. The van der Waals surface area contributed by atoms with Crippen LogP contribution < -0.4 is 4.74 Å². The highest BCUT2D eigenvalue weighted by Crippen LogP contribution is 2.17. The summed E-state index contributed by atoms with van der Waals surface area (Å²) in [5.41, 5.74) is 1.56. The number of rotatable bonds is 6. The Balaban J connectivity index is 2.09. The third-order valence-corrected chi connectivity index (χ3v) is 3.19. The molecule has 0 radical (unpaired) electrons. The first-order chi connectivity index (χ1) is 9.69. The molecule has 0 aliphatic carbocycles. The summed E-state index contributed by atoms with van der Waals surface area (Å²) >= 11 is 3.35. The first-order valence-electron chi connectivity index (χ1n) is 6.54. The summed E-state index contributed by atoms with van der Waals surface area (Å²) in [5, 5.41) is 0. The van der Waals surface area contributed by atoms with Gasteiger partial charge in [-0.1, -0.05) is 19.1 Å². The minimum Gasteiger partial charge on any atom is -0.494 e.